The van der Waals surface area contributed by atoms with Crippen LogP contribution in [-0.2, 0) is 13.6 Å². The predicted molar refractivity (Wildman–Crippen MR) is 74.5 cm³/mol. The summed E-state index contributed by atoms with van der Waals surface area (Å²) in [4.78, 5) is 2.59. The minimum Gasteiger partial charge on any atom is -0.314 e. The maximum absolute atomic E-state index is 4.44. The fourth-order valence-electron chi connectivity index (χ4n) is 2.81. The Bertz CT molecular complexity index is 402. The van der Waals surface area contributed by atoms with Crippen LogP contribution in [0.3, 0.4) is 0 Å². The Labute approximate surface area is 110 Å². The number of hydrogen-bond donors (Lipinski definition) is 1. The summed E-state index contributed by atoms with van der Waals surface area (Å²) in [5.74, 6) is 0. The van der Waals surface area contributed by atoms with Crippen LogP contribution in [0.15, 0.2) is 6.07 Å². The normalized spacial score (nSPS) is 22.4. The molecular formula is C14H26N4. The smallest absolute Gasteiger partial charge is 0.0597 e. The van der Waals surface area contributed by atoms with Gasteiger partial charge < -0.3 is 5.32 Å². The van der Waals surface area contributed by atoms with Gasteiger partial charge in [-0.3, -0.25) is 9.58 Å². The van der Waals surface area contributed by atoms with Gasteiger partial charge in [0.2, 0.25) is 0 Å². The van der Waals surface area contributed by atoms with Crippen LogP contribution in [0.4, 0.5) is 0 Å². The lowest BCUT2D eigenvalue weighted by atomic mass is 9.84. The van der Waals surface area contributed by atoms with Crippen LogP contribution in [0.1, 0.15) is 32.2 Å². The molecule has 0 saturated carbocycles. The highest BCUT2D eigenvalue weighted by atomic mass is 15.3. The van der Waals surface area contributed by atoms with Gasteiger partial charge in [0, 0.05) is 39.3 Å². The molecule has 1 unspecified atom stereocenters. The standard InChI is InChI=1S/C14H26N4/c1-11-8-12(17(5)16-11)10-18-7-6-15-9-13(18)14(2,3)4/h8,13,15H,6-7,9-10H2,1-5H3. The average Bonchev–Trinajstić information content (AvgIpc) is 2.57. The van der Waals surface area contributed by atoms with Gasteiger partial charge >= 0.3 is 0 Å². The zero-order chi connectivity index (χ0) is 13.3. The van der Waals surface area contributed by atoms with Gasteiger partial charge in [-0.15, -0.1) is 0 Å². The van der Waals surface area contributed by atoms with Gasteiger partial charge in [-0.05, 0) is 18.4 Å². The summed E-state index contributed by atoms with van der Waals surface area (Å²) in [6, 6.07) is 2.78. The largest absolute Gasteiger partial charge is 0.314 e. The molecule has 0 amide bonds. The Kier molecular flexibility index (Phi) is 3.78. The van der Waals surface area contributed by atoms with E-state index in [4.69, 9.17) is 0 Å². The molecule has 1 aromatic rings. The number of piperazine rings is 1. The molecule has 1 atom stereocenters. The highest BCUT2D eigenvalue weighted by Crippen LogP contribution is 2.26. The molecule has 18 heavy (non-hydrogen) atoms. The van der Waals surface area contributed by atoms with E-state index in [0.29, 0.717) is 11.5 Å². The summed E-state index contributed by atoms with van der Waals surface area (Å²) in [6.45, 7) is 13.3. The van der Waals surface area contributed by atoms with Gasteiger partial charge in [-0.2, -0.15) is 5.10 Å². The van der Waals surface area contributed by atoms with E-state index < -0.39 is 0 Å². The van der Waals surface area contributed by atoms with Crippen LogP contribution < -0.4 is 5.32 Å². The number of hydrogen-bond acceptors (Lipinski definition) is 3. The lowest BCUT2D eigenvalue weighted by Crippen LogP contribution is -2.56. The SMILES string of the molecule is Cc1cc(CN2CCNCC2C(C)(C)C)n(C)n1. The van der Waals surface area contributed by atoms with E-state index in [1.807, 2.05) is 11.7 Å². The monoisotopic (exact) mass is 250 g/mol. The van der Waals surface area contributed by atoms with E-state index >= 15 is 0 Å². The van der Waals surface area contributed by atoms with Crippen LogP contribution in [-0.4, -0.2) is 40.4 Å². The third-order valence-electron chi connectivity index (χ3n) is 3.82. The number of nitrogens with zero attached hydrogens (tertiary/aromatic N) is 3. The molecule has 2 rings (SSSR count). The van der Waals surface area contributed by atoms with Crippen molar-refractivity contribution in [2.45, 2.75) is 40.3 Å². The van der Waals surface area contributed by atoms with Gasteiger partial charge in [-0.1, -0.05) is 20.8 Å². The maximum atomic E-state index is 4.44. The predicted octanol–water partition coefficient (Wildman–Crippen LogP) is 1.55. The van der Waals surface area contributed by atoms with Crippen LogP contribution in [0.5, 0.6) is 0 Å². The minimum atomic E-state index is 0.307. The van der Waals surface area contributed by atoms with Crippen molar-refractivity contribution in [2.75, 3.05) is 19.6 Å². The average molecular weight is 250 g/mol. The fraction of sp³-hybridized carbons (Fsp3) is 0.786. The molecule has 0 aromatic carbocycles. The van der Waals surface area contributed by atoms with Crippen molar-refractivity contribution in [3.8, 4) is 0 Å². The van der Waals surface area contributed by atoms with E-state index in [1.54, 1.807) is 0 Å². The van der Waals surface area contributed by atoms with Crippen molar-refractivity contribution in [1.82, 2.24) is 20.0 Å². The molecule has 1 aromatic heterocycles. The Morgan fingerprint density at radius 2 is 2.17 bits per heavy atom. The maximum Gasteiger partial charge on any atom is 0.0597 e. The number of aryl methyl sites for hydroxylation is 2. The quantitative estimate of drug-likeness (QED) is 0.864. The first-order chi connectivity index (χ1) is 8.38. The summed E-state index contributed by atoms with van der Waals surface area (Å²) in [5.41, 5.74) is 2.72. The Morgan fingerprint density at radius 3 is 2.72 bits per heavy atom. The lowest BCUT2D eigenvalue weighted by molar-refractivity contribution is 0.0668. The third-order valence-corrected chi connectivity index (χ3v) is 3.82. The zero-order valence-corrected chi connectivity index (χ0v) is 12.3. The summed E-state index contributed by atoms with van der Waals surface area (Å²) in [7, 11) is 2.04. The molecule has 0 radical (unpaired) electrons. The second-order valence-corrected chi connectivity index (χ2v) is 6.46. The number of rotatable bonds is 2. The highest BCUT2D eigenvalue weighted by Gasteiger charge is 2.32. The van der Waals surface area contributed by atoms with Crippen molar-refractivity contribution >= 4 is 0 Å². The van der Waals surface area contributed by atoms with E-state index in [-0.39, 0.29) is 0 Å². The van der Waals surface area contributed by atoms with Gasteiger partial charge in [0.15, 0.2) is 0 Å². The van der Waals surface area contributed by atoms with E-state index in [1.165, 1.54) is 5.69 Å². The molecule has 4 heteroatoms. The number of aromatic nitrogens is 2. The first-order valence-electron chi connectivity index (χ1n) is 6.82. The molecule has 102 valence electrons. The van der Waals surface area contributed by atoms with Crippen LogP contribution in [0.2, 0.25) is 0 Å². The van der Waals surface area contributed by atoms with E-state index in [2.05, 4.69) is 49.1 Å². The molecule has 1 N–H and O–H groups in total. The van der Waals surface area contributed by atoms with Gasteiger partial charge in [-0.25, -0.2) is 0 Å². The molecule has 2 heterocycles. The van der Waals surface area contributed by atoms with Crippen molar-refractivity contribution < 1.29 is 0 Å². The molecule has 0 aliphatic carbocycles. The van der Waals surface area contributed by atoms with Crippen molar-refractivity contribution in [2.24, 2.45) is 12.5 Å². The number of nitrogens with one attached hydrogen (secondary N) is 1. The molecular weight excluding hydrogens is 224 g/mol. The summed E-state index contributed by atoms with van der Waals surface area (Å²) >= 11 is 0. The third kappa shape index (κ3) is 2.93. The van der Waals surface area contributed by atoms with Crippen LogP contribution in [0, 0.1) is 12.3 Å². The Balaban J connectivity index is 2.13. The van der Waals surface area contributed by atoms with Crippen LogP contribution in [0.25, 0.3) is 0 Å². The first kappa shape index (κ1) is 13.6. The summed E-state index contributed by atoms with van der Waals surface area (Å²) < 4.78 is 2.01. The molecule has 1 saturated heterocycles. The summed E-state index contributed by atoms with van der Waals surface area (Å²) in [6.07, 6.45) is 0. The van der Waals surface area contributed by atoms with Crippen molar-refractivity contribution in [3.63, 3.8) is 0 Å². The van der Waals surface area contributed by atoms with Crippen molar-refractivity contribution in [1.29, 1.82) is 0 Å². The second kappa shape index (κ2) is 5.02. The Morgan fingerprint density at radius 1 is 1.44 bits per heavy atom. The van der Waals surface area contributed by atoms with Crippen molar-refractivity contribution in [3.05, 3.63) is 17.5 Å². The van der Waals surface area contributed by atoms with Gasteiger partial charge in [0.05, 0.1) is 11.4 Å². The summed E-state index contributed by atoms with van der Waals surface area (Å²) in [5, 5.41) is 7.95. The highest BCUT2D eigenvalue weighted by molar-refractivity contribution is 5.09. The van der Waals surface area contributed by atoms with Gasteiger partial charge in [0.1, 0.15) is 0 Å². The van der Waals surface area contributed by atoms with Gasteiger partial charge in [0.25, 0.3) is 0 Å². The van der Waals surface area contributed by atoms with E-state index in [9.17, 15) is 0 Å². The molecule has 4 nitrogen and oxygen atoms in total. The molecule has 0 spiro atoms. The topological polar surface area (TPSA) is 33.1 Å². The Hall–Kier alpha value is -0.870. The molecule has 1 fully saturated rings. The second-order valence-electron chi connectivity index (χ2n) is 6.46. The first-order valence-corrected chi connectivity index (χ1v) is 6.82. The molecule has 1 aliphatic rings. The van der Waals surface area contributed by atoms with E-state index in [0.717, 1.165) is 31.9 Å². The molecule has 0 bridgehead atoms. The van der Waals surface area contributed by atoms with Crippen LogP contribution >= 0.6 is 0 Å². The fourth-order valence-corrected chi connectivity index (χ4v) is 2.81. The minimum absolute atomic E-state index is 0.307. The molecule has 1 aliphatic heterocycles. The lowest BCUT2D eigenvalue weighted by Gasteiger charge is -2.43. The zero-order valence-electron chi connectivity index (χ0n) is 12.3.